The quantitative estimate of drug-likeness (QED) is 0.133. The van der Waals surface area contributed by atoms with E-state index in [9.17, 15) is 14.4 Å². The number of hydrogen-bond acceptors (Lipinski definition) is 6. The number of para-hydroxylation sites is 2. The largest absolute Gasteiger partial charge is 0.426 e. The summed E-state index contributed by atoms with van der Waals surface area (Å²) in [5.74, 6) is 1.25. The van der Waals surface area contributed by atoms with Crippen LogP contribution in [0.2, 0.25) is 0 Å². The van der Waals surface area contributed by atoms with Crippen LogP contribution in [0.15, 0.2) is 66.7 Å². The van der Waals surface area contributed by atoms with Crippen molar-refractivity contribution < 1.29 is 23.9 Å². The van der Waals surface area contributed by atoms with Crippen molar-refractivity contribution in [3.05, 3.63) is 89.0 Å². The summed E-state index contributed by atoms with van der Waals surface area (Å²) in [6, 6.07) is 21.6. The molecule has 0 saturated carbocycles. The van der Waals surface area contributed by atoms with Crippen LogP contribution < -0.4 is 14.4 Å². The van der Waals surface area contributed by atoms with Gasteiger partial charge in [-0.25, -0.2) is 4.79 Å². The first-order chi connectivity index (χ1) is 23.3. The molecule has 0 bridgehead atoms. The standard InChI is InChI=1S/C42H56N2O5/c1-10-38(45)44(33-15-12-11-13-16-33)42(41(47)48-37-27-32(28(2)3)19-20-34(37)29(4)5)22-25-43(26-23-42)24-21-39(46)49-40-35(30(6)7)17-14-18-36(40)31(8)9/h11-20,27-31H,10,21-26H2,1-9H3. The second-order valence-electron chi connectivity index (χ2n) is 14.6. The van der Waals surface area contributed by atoms with Gasteiger partial charge in [-0.05, 0) is 77.0 Å². The van der Waals surface area contributed by atoms with Gasteiger partial charge in [-0.15, -0.1) is 0 Å². The van der Waals surface area contributed by atoms with Gasteiger partial charge in [-0.2, -0.15) is 0 Å². The lowest BCUT2D eigenvalue weighted by Crippen LogP contribution is -2.63. The van der Waals surface area contributed by atoms with Crippen molar-refractivity contribution in [3.8, 4) is 11.5 Å². The lowest BCUT2D eigenvalue weighted by atomic mass is 9.84. The van der Waals surface area contributed by atoms with Crippen LogP contribution in [-0.4, -0.2) is 47.9 Å². The highest BCUT2D eigenvalue weighted by molar-refractivity contribution is 6.02. The van der Waals surface area contributed by atoms with Crippen LogP contribution in [0.4, 0.5) is 5.69 Å². The third-order valence-corrected chi connectivity index (χ3v) is 9.75. The number of carbonyl (C=O) groups is 3. The van der Waals surface area contributed by atoms with Crippen LogP contribution >= 0.6 is 0 Å². The minimum Gasteiger partial charge on any atom is -0.426 e. The number of carbonyl (C=O) groups excluding carboxylic acids is 3. The van der Waals surface area contributed by atoms with Gasteiger partial charge in [0.2, 0.25) is 5.91 Å². The Balaban J connectivity index is 1.59. The average molecular weight is 669 g/mol. The summed E-state index contributed by atoms with van der Waals surface area (Å²) in [4.78, 5) is 45.5. The van der Waals surface area contributed by atoms with E-state index in [2.05, 4.69) is 66.4 Å². The number of rotatable bonds is 13. The van der Waals surface area contributed by atoms with Crippen molar-refractivity contribution in [2.75, 3.05) is 24.5 Å². The maximum Gasteiger partial charge on any atom is 0.337 e. The SMILES string of the molecule is CCC(=O)N(c1ccccc1)C1(C(=O)Oc2cc(C(C)C)ccc2C(C)C)CCN(CCC(=O)Oc2c(C(C)C)cccc2C(C)C)CC1. The fourth-order valence-corrected chi connectivity index (χ4v) is 6.72. The summed E-state index contributed by atoms with van der Waals surface area (Å²) in [6.45, 7) is 20.2. The zero-order valence-electron chi connectivity index (χ0n) is 31.0. The highest BCUT2D eigenvalue weighted by Crippen LogP contribution is 2.39. The Bertz CT molecular complexity index is 1560. The number of nitrogens with zero attached hydrogens (tertiary/aromatic N) is 2. The summed E-state index contributed by atoms with van der Waals surface area (Å²) in [6.07, 6.45) is 1.21. The molecule has 3 aromatic rings. The lowest BCUT2D eigenvalue weighted by Gasteiger charge is -2.46. The molecular formula is C42H56N2O5. The Hall–Kier alpha value is -3.97. The van der Waals surface area contributed by atoms with Crippen molar-refractivity contribution >= 4 is 23.5 Å². The summed E-state index contributed by atoms with van der Waals surface area (Å²) in [5, 5.41) is 0. The molecule has 0 atom stereocenters. The number of likely N-dealkylation sites (tertiary alicyclic amines) is 1. The molecule has 1 amide bonds. The zero-order valence-corrected chi connectivity index (χ0v) is 31.0. The monoisotopic (exact) mass is 668 g/mol. The molecule has 0 N–H and O–H groups in total. The average Bonchev–Trinajstić information content (AvgIpc) is 3.08. The van der Waals surface area contributed by atoms with Gasteiger partial charge in [0.25, 0.3) is 0 Å². The third-order valence-electron chi connectivity index (χ3n) is 9.75. The number of anilines is 1. The minimum absolute atomic E-state index is 0.134. The predicted molar refractivity (Wildman–Crippen MR) is 198 cm³/mol. The van der Waals surface area contributed by atoms with E-state index >= 15 is 0 Å². The topological polar surface area (TPSA) is 76.2 Å². The first-order valence-corrected chi connectivity index (χ1v) is 18.1. The van der Waals surface area contributed by atoms with Crippen LogP contribution in [-0.2, 0) is 14.4 Å². The van der Waals surface area contributed by atoms with E-state index in [4.69, 9.17) is 9.47 Å². The molecular weight excluding hydrogens is 612 g/mol. The van der Waals surface area contributed by atoms with Crippen molar-refractivity contribution in [1.82, 2.24) is 4.90 Å². The highest BCUT2D eigenvalue weighted by Gasteiger charge is 2.50. The maximum absolute atomic E-state index is 14.6. The number of hydrogen-bond donors (Lipinski definition) is 0. The predicted octanol–water partition coefficient (Wildman–Crippen LogP) is 9.36. The number of piperidine rings is 1. The fourth-order valence-electron chi connectivity index (χ4n) is 6.72. The van der Waals surface area contributed by atoms with E-state index in [-0.39, 0.29) is 48.4 Å². The second kappa shape index (κ2) is 16.6. The Morgan fingerprint density at radius 1 is 0.735 bits per heavy atom. The van der Waals surface area contributed by atoms with Crippen LogP contribution in [0.3, 0.4) is 0 Å². The minimum atomic E-state index is -1.21. The van der Waals surface area contributed by atoms with E-state index in [0.717, 1.165) is 22.3 Å². The molecule has 264 valence electrons. The van der Waals surface area contributed by atoms with Crippen LogP contribution in [0.1, 0.15) is 134 Å². The van der Waals surface area contributed by atoms with Gasteiger partial charge < -0.3 is 14.4 Å². The van der Waals surface area contributed by atoms with Crippen LogP contribution in [0.5, 0.6) is 11.5 Å². The first kappa shape index (κ1) is 37.8. The molecule has 7 nitrogen and oxygen atoms in total. The van der Waals surface area contributed by atoms with Gasteiger partial charge in [0, 0.05) is 31.7 Å². The molecule has 4 rings (SSSR count). The smallest absolute Gasteiger partial charge is 0.337 e. The Kier molecular flexibility index (Phi) is 12.8. The van der Waals surface area contributed by atoms with Crippen molar-refractivity contribution in [2.45, 2.75) is 117 Å². The van der Waals surface area contributed by atoms with Crippen molar-refractivity contribution in [1.29, 1.82) is 0 Å². The molecule has 0 aliphatic carbocycles. The molecule has 1 saturated heterocycles. The molecule has 3 aromatic carbocycles. The Labute approximate surface area is 294 Å². The zero-order chi connectivity index (χ0) is 35.9. The lowest BCUT2D eigenvalue weighted by molar-refractivity contribution is -0.145. The van der Waals surface area contributed by atoms with Crippen molar-refractivity contribution in [2.24, 2.45) is 0 Å². The number of esters is 2. The Morgan fingerprint density at radius 3 is 1.86 bits per heavy atom. The van der Waals surface area contributed by atoms with Gasteiger partial charge in [0.1, 0.15) is 17.0 Å². The van der Waals surface area contributed by atoms with Gasteiger partial charge in [0.15, 0.2) is 0 Å². The maximum atomic E-state index is 14.6. The van der Waals surface area contributed by atoms with Gasteiger partial charge >= 0.3 is 11.9 Å². The van der Waals surface area contributed by atoms with E-state index in [1.807, 2.05) is 67.6 Å². The van der Waals surface area contributed by atoms with Gasteiger partial charge in [0.05, 0.1) is 6.42 Å². The van der Waals surface area contributed by atoms with Crippen molar-refractivity contribution in [3.63, 3.8) is 0 Å². The van der Waals surface area contributed by atoms with Crippen LogP contribution in [0.25, 0.3) is 0 Å². The molecule has 49 heavy (non-hydrogen) atoms. The molecule has 1 aliphatic rings. The van der Waals surface area contributed by atoms with E-state index < -0.39 is 11.5 Å². The number of benzene rings is 3. The molecule has 0 unspecified atom stereocenters. The fraction of sp³-hybridized carbons (Fsp3) is 0.500. The molecule has 0 aromatic heterocycles. The summed E-state index contributed by atoms with van der Waals surface area (Å²) in [7, 11) is 0. The summed E-state index contributed by atoms with van der Waals surface area (Å²) < 4.78 is 12.4. The van der Waals surface area contributed by atoms with E-state index in [1.165, 1.54) is 0 Å². The Morgan fingerprint density at radius 2 is 1.33 bits per heavy atom. The summed E-state index contributed by atoms with van der Waals surface area (Å²) in [5.41, 5.74) is 3.56. The normalized spacial score (nSPS) is 14.8. The van der Waals surface area contributed by atoms with E-state index in [0.29, 0.717) is 49.7 Å². The number of ether oxygens (including phenoxy) is 2. The van der Waals surface area contributed by atoms with Gasteiger partial charge in [-0.1, -0.05) is 111 Å². The third kappa shape index (κ3) is 8.80. The molecule has 0 radical (unpaired) electrons. The molecule has 7 heteroatoms. The number of amides is 1. The first-order valence-electron chi connectivity index (χ1n) is 18.1. The van der Waals surface area contributed by atoms with E-state index in [1.54, 1.807) is 4.90 Å². The molecule has 0 spiro atoms. The molecule has 1 aliphatic heterocycles. The molecule has 1 heterocycles. The van der Waals surface area contributed by atoms with Crippen LogP contribution in [0, 0.1) is 0 Å². The molecule has 1 fully saturated rings. The highest BCUT2D eigenvalue weighted by atomic mass is 16.5. The van der Waals surface area contributed by atoms with Gasteiger partial charge in [-0.3, -0.25) is 14.5 Å². The summed E-state index contributed by atoms with van der Waals surface area (Å²) >= 11 is 0. The second-order valence-corrected chi connectivity index (χ2v) is 14.6.